The van der Waals surface area contributed by atoms with Crippen LogP contribution in [0.15, 0.2) is 29.3 Å². The van der Waals surface area contributed by atoms with Crippen molar-refractivity contribution < 1.29 is 13.2 Å². The van der Waals surface area contributed by atoms with Crippen molar-refractivity contribution in [3.05, 3.63) is 29.8 Å². The lowest BCUT2D eigenvalue weighted by Gasteiger charge is -2.35. The number of guanidine groups is 1. The molecule has 0 amide bonds. The zero-order valence-corrected chi connectivity index (χ0v) is 20.8. The standard InChI is InChI=1S/C20H34N4O3S.HI/c1-4-21-20(22-11-13-27-14-15-28(3,25)26)23-18-6-5-12-24(16-18)19-9-7-17(2)8-10-19;/h7-10,18H,4-6,11-16H2,1-3H3,(H2,21,22,23);1H. The van der Waals surface area contributed by atoms with Gasteiger partial charge in [-0.15, -0.1) is 24.0 Å². The quantitative estimate of drug-likeness (QED) is 0.217. The highest BCUT2D eigenvalue weighted by Gasteiger charge is 2.20. The molecule has 1 unspecified atom stereocenters. The molecule has 1 aliphatic heterocycles. The van der Waals surface area contributed by atoms with Gasteiger partial charge in [0, 0.05) is 37.6 Å². The van der Waals surface area contributed by atoms with Crippen molar-refractivity contribution in [3.63, 3.8) is 0 Å². The number of aryl methyl sites for hydroxylation is 1. The smallest absolute Gasteiger partial charge is 0.191 e. The second kappa shape index (κ2) is 13.3. The van der Waals surface area contributed by atoms with Gasteiger partial charge in [-0.1, -0.05) is 17.7 Å². The molecule has 0 aliphatic carbocycles. The van der Waals surface area contributed by atoms with Crippen molar-refractivity contribution in [2.24, 2.45) is 4.99 Å². The second-order valence-corrected chi connectivity index (χ2v) is 9.53. The first-order chi connectivity index (χ1) is 13.4. The van der Waals surface area contributed by atoms with Gasteiger partial charge in [0.15, 0.2) is 5.96 Å². The number of benzene rings is 1. The number of rotatable bonds is 9. The number of piperidine rings is 1. The summed E-state index contributed by atoms with van der Waals surface area (Å²) < 4.78 is 27.5. The molecule has 29 heavy (non-hydrogen) atoms. The van der Waals surface area contributed by atoms with Gasteiger partial charge in [-0.3, -0.25) is 4.99 Å². The Morgan fingerprint density at radius 2 is 2.00 bits per heavy atom. The number of nitrogens with one attached hydrogen (secondary N) is 2. The van der Waals surface area contributed by atoms with Crippen molar-refractivity contribution in [2.75, 3.05) is 56.3 Å². The topological polar surface area (TPSA) is 83.0 Å². The second-order valence-electron chi connectivity index (χ2n) is 7.27. The van der Waals surface area contributed by atoms with Crippen LogP contribution in [0.1, 0.15) is 25.3 Å². The zero-order valence-electron chi connectivity index (χ0n) is 17.7. The molecular weight excluding hydrogens is 503 g/mol. The van der Waals surface area contributed by atoms with Gasteiger partial charge in [0.25, 0.3) is 0 Å². The Balaban J connectivity index is 0.00000420. The van der Waals surface area contributed by atoms with E-state index in [1.54, 1.807) is 0 Å². The van der Waals surface area contributed by atoms with Gasteiger partial charge in [0.2, 0.25) is 0 Å². The number of anilines is 1. The maximum Gasteiger partial charge on any atom is 0.191 e. The van der Waals surface area contributed by atoms with E-state index in [9.17, 15) is 8.42 Å². The molecule has 0 spiro atoms. The molecule has 2 rings (SSSR count). The van der Waals surface area contributed by atoms with E-state index in [-0.39, 0.29) is 36.3 Å². The Hall–Kier alpha value is -1.07. The molecule has 1 saturated heterocycles. The van der Waals surface area contributed by atoms with Gasteiger partial charge in [0.1, 0.15) is 9.84 Å². The maximum atomic E-state index is 11.1. The van der Waals surface area contributed by atoms with Crippen LogP contribution in [-0.2, 0) is 14.6 Å². The van der Waals surface area contributed by atoms with E-state index < -0.39 is 9.84 Å². The first-order valence-corrected chi connectivity index (χ1v) is 12.1. The van der Waals surface area contributed by atoms with E-state index in [1.807, 2.05) is 6.92 Å². The fourth-order valence-electron chi connectivity index (χ4n) is 3.13. The predicted molar refractivity (Wildman–Crippen MR) is 131 cm³/mol. The van der Waals surface area contributed by atoms with Crippen LogP contribution >= 0.6 is 24.0 Å². The van der Waals surface area contributed by atoms with Crippen molar-refractivity contribution in [2.45, 2.75) is 32.7 Å². The molecule has 1 heterocycles. The Labute approximate surface area is 192 Å². The van der Waals surface area contributed by atoms with Crippen LogP contribution < -0.4 is 15.5 Å². The van der Waals surface area contributed by atoms with E-state index in [4.69, 9.17) is 4.74 Å². The van der Waals surface area contributed by atoms with Gasteiger partial charge < -0.3 is 20.3 Å². The van der Waals surface area contributed by atoms with E-state index >= 15 is 0 Å². The number of sulfone groups is 1. The number of hydrogen-bond acceptors (Lipinski definition) is 5. The highest BCUT2D eigenvalue weighted by atomic mass is 127. The molecule has 0 aromatic heterocycles. The molecule has 166 valence electrons. The third-order valence-corrected chi connectivity index (χ3v) is 5.52. The normalized spacial score (nSPS) is 17.6. The monoisotopic (exact) mass is 538 g/mol. The van der Waals surface area contributed by atoms with Crippen LogP contribution in [0.25, 0.3) is 0 Å². The van der Waals surface area contributed by atoms with Gasteiger partial charge in [-0.2, -0.15) is 0 Å². The molecular formula is C20H35IN4O3S. The highest BCUT2D eigenvalue weighted by molar-refractivity contribution is 14.0. The van der Waals surface area contributed by atoms with E-state index in [0.29, 0.717) is 19.2 Å². The summed E-state index contributed by atoms with van der Waals surface area (Å²) in [5.41, 5.74) is 2.54. The summed E-state index contributed by atoms with van der Waals surface area (Å²) in [5.74, 6) is 0.830. The van der Waals surface area contributed by atoms with Gasteiger partial charge in [-0.05, 0) is 38.8 Å². The minimum Gasteiger partial charge on any atom is -0.378 e. The van der Waals surface area contributed by atoms with Gasteiger partial charge in [-0.25, -0.2) is 8.42 Å². The molecule has 0 bridgehead atoms. The summed E-state index contributed by atoms with van der Waals surface area (Å²) in [5, 5.41) is 6.81. The van der Waals surface area contributed by atoms with Crippen LogP contribution in [-0.4, -0.2) is 71.8 Å². The van der Waals surface area contributed by atoms with Gasteiger partial charge in [0.05, 0.1) is 25.5 Å². The summed E-state index contributed by atoms with van der Waals surface area (Å²) in [4.78, 5) is 6.97. The van der Waals surface area contributed by atoms with Crippen LogP contribution in [0.3, 0.4) is 0 Å². The van der Waals surface area contributed by atoms with Crippen LogP contribution in [0.4, 0.5) is 5.69 Å². The van der Waals surface area contributed by atoms with Crippen molar-refractivity contribution in [1.82, 2.24) is 10.6 Å². The van der Waals surface area contributed by atoms with Crippen LogP contribution in [0.5, 0.6) is 0 Å². The first-order valence-electron chi connectivity index (χ1n) is 9.99. The molecule has 1 atom stereocenters. The Morgan fingerprint density at radius 1 is 1.28 bits per heavy atom. The Bertz CT molecular complexity index is 726. The summed E-state index contributed by atoms with van der Waals surface area (Å²) in [6.45, 7) is 8.07. The minimum absolute atomic E-state index is 0. The minimum atomic E-state index is -2.98. The zero-order chi connectivity index (χ0) is 20.4. The number of ether oxygens (including phenoxy) is 1. The molecule has 0 radical (unpaired) electrons. The molecule has 1 aromatic carbocycles. The third kappa shape index (κ3) is 10.5. The predicted octanol–water partition coefficient (Wildman–Crippen LogP) is 2.20. The van der Waals surface area contributed by atoms with Gasteiger partial charge >= 0.3 is 0 Å². The molecule has 1 aliphatic rings. The number of nitrogens with zero attached hydrogens (tertiary/aromatic N) is 2. The summed E-state index contributed by atoms with van der Waals surface area (Å²) >= 11 is 0. The largest absolute Gasteiger partial charge is 0.378 e. The van der Waals surface area contributed by atoms with E-state index in [2.05, 4.69) is 51.7 Å². The van der Waals surface area contributed by atoms with E-state index in [1.165, 1.54) is 17.5 Å². The van der Waals surface area contributed by atoms with Crippen molar-refractivity contribution >= 4 is 45.5 Å². The molecule has 7 nitrogen and oxygen atoms in total. The van der Waals surface area contributed by atoms with Crippen LogP contribution in [0, 0.1) is 6.92 Å². The highest BCUT2D eigenvalue weighted by Crippen LogP contribution is 2.20. The lowest BCUT2D eigenvalue weighted by atomic mass is 10.0. The van der Waals surface area contributed by atoms with Crippen LogP contribution in [0.2, 0.25) is 0 Å². The SMILES string of the molecule is CCNC(=NCCOCCS(C)(=O)=O)NC1CCCN(c2ccc(C)cc2)C1.I. The fourth-order valence-corrected chi connectivity index (χ4v) is 3.55. The summed E-state index contributed by atoms with van der Waals surface area (Å²) in [6, 6.07) is 9.01. The summed E-state index contributed by atoms with van der Waals surface area (Å²) in [7, 11) is -2.98. The lowest BCUT2D eigenvalue weighted by molar-refractivity contribution is 0.157. The Kier molecular flexibility index (Phi) is 11.9. The number of hydrogen-bond donors (Lipinski definition) is 2. The lowest BCUT2D eigenvalue weighted by Crippen LogP contribution is -2.51. The Morgan fingerprint density at radius 3 is 2.66 bits per heavy atom. The average Bonchev–Trinajstić information content (AvgIpc) is 2.64. The summed E-state index contributed by atoms with van der Waals surface area (Å²) in [6.07, 6.45) is 3.46. The van der Waals surface area contributed by atoms with E-state index in [0.717, 1.165) is 38.4 Å². The third-order valence-electron chi connectivity index (χ3n) is 4.61. The maximum absolute atomic E-state index is 11.1. The molecule has 2 N–H and O–H groups in total. The molecule has 1 fully saturated rings. The molecule has 0 saturated carbocycles. The molecule has 1 aromatic rings. The molecule has 9 heteroatoms. The number of halogens is 1. The average molecular weight is 538 g/mol. The van der Waals surface area contributed by atoms with Crippen molar-refractivity contribution in [1.29, 1.82) is 0 Å². The number of aliphatic imine (C=N–C) groups is 1. The first kappa shape index (κ1) is 26.0. The van der Waals surface area contributed by atoms with Crippen molar-refractivity contribution in [3.8, 4) is 0 Å². The fraction of sp³-hybridized carbons (Fsp3) is 0.650.